The Bertz CT molecular complexity index is 1210. The maximum atomic E-state index is 12.8. The highest BCUT2D eigenvalue weighted by Gasteiger charge is 2.30. The quantitative estimate of drug-likeness (QED) is 0.332. The predicted octanol–water partition coefficient (Wildman–Crippen LogP) is 5.03. The molecule has 0 saturated carbocycles. The van der Waals surface area contributed by atoms with Crippen LogP contribution in [0, 0.1) is 0 Å². The van der Waals surface area contributed by atoms with E-state index in [0.29, 0.717) is 24.5 Å². The highest BCUT2D eigenvalue weighted by atomic mass is 16.5. The summed E-state index contributed by atoms with van der Waals surface area (Å²) in [5.74, 6) is 2.14. The Kier molecular flexibility index (Phi) is 5.59. The second kappa shape index (κ2) is 8.34. The van der Waals surface area contributed by atoms with E-state index in [9.17, 15) is 4.79 Å². The lowest BCUT2D eigenvalue weighted by Crippen LogP contribution is -2.42. The molecular formula is C26H27NO4. The van der Waals surface area contributed by atoms with E-state index in [0.717, 1.165) is 32.9 Å². The topological polar surface area (TPSA) is 48.0 Å². The van der Waals surface area contributed by atoms with Crippen LogP contribution in [-0.2, 0) is 17.8 Å². The number of rotatable bonds is 5. The minimum Gasteiger partial charge on any atom is -0.497 e. The Morgan fingerprint density at radius 2 is 1.65 bits per heavy atom. The van der Waals surface area contributed by atoms with Crippen molar-refractivity contribution in [2.24, 2.45) is 0 Å². The van der Waals surface area contributed by atoms with E-state index in [1.165, 1.54) is 5.56 Å². The zero-order valence-corrected chi connectivity index (χ0v) is 18.4. The third-order valence-corrected chi connectivity index (χ3v) is 6.06. The number of carbonyl (C=O) groups is 1. The van der Waals surface area contributed by atoms with E-state index in [2.05, 4.69) is 12.6 Å². The SMILES string of the molecule is C=C[C@@H]1Cc2c(c3ccc(OC)cc3c3cc(OC)c(OC)cc23)CN1C(=O)/C=C/C. The Morgan fingerprint density at radius 1 is 0.968 bits per heavy atom. The average molecular weight is 418 g/mol. The van der Waals surface area contributed by atoms with Crippen molar-refractivity contribution in [3.05, 3.63) is 66.3 Å². The predicted molar refractivity (Wildman–Crippen MR) is 124 cm³/mol. The van der Waals surface area contributed by atoms with E-state index in [4.69, 9.17) is 14.2 Å². The molecule has 0 fully saturated rings. The van der Waals surface area contributed by atoms with Gasteiger partial charge in [0.25, 0.3) is 0 Å². The van der Waals surface area contributed by atoms with Gasteiger partial charge in [0.1, 0.15) is 5.75 Å². The third-order valence-electron chi connectivity index (χ3n) is 6.06. The van der Waals surface area contributed by atoms with Crippen LogP contribution in [0.4, 0.5) is 0 Å². The molecule has 0 radical (unpaired) electrons. The normalized spacial score (nSPS) is 15.9. The minimum absolute atomic E-state index is 0.00730. The lowest BCUT2D eigenvalue weighted by atomic mass is 9.84. The summed E-state index contributed by atoms with van der Waals surface area (Å²) in [7, 11) is 4.95. The van der Waals surface area contributed by atoms with E-state index in [1.54, 1.807) is 33.5 Å². The molecule has 1 heterocycles. The number of fused-ring (bicyclic) bond motifs is 6. The molecule has 0 saturated heterocycles. The summed E-state index contributed by atoms with van der Waals surface area (Å²) in [6.45, 7) is 6.37. The molecule has 0 unspecified atom stereocenters. The smallest absolute Gasteiger partial charge is 0.247 e. The van der Waals surface area contributed by atoms with Crippen molar-refractivity contribution in [3.8, 4) is 17.2 Å². The molecule has 0 aromatic heterocycles. The summed E-state index contributed by atoms with van der Waals surface area (Å²) in [5, 5.41) is 4.33. The first-order valence-electron chi connectivity index (χ1n) is 10.3. The van der Waals surface area contributed by atoms with Crippen LogP contribution in [0.25, 0.3) is 21.5 Å². The molecule has 3 aromatic rings. The van der Waals surface area contributed by atoms with Gasteiger partial charge in [-0.25, -0.2) is 0 Å². The Hall–Kier alpha value is -3.47. The standard InChI is InChI=1S/C26H27NO4/c1-6-8-26(28)27-15-23-18-10-9-17(29-3)12-20(18)22-14-25(31-5)24(30-4)13-21(22)19(23)11-16(27)7-2/h6-10,12-14,16H,2,11,15H2,1,3-5H3/b8-6+/t16-/m1/s1. The van der Waals surface area contributed by atoms with Crippen molar-refractivity contribution in [2.75, 3.05) is 21.3 Å². The summed E-state index contributed by atoms with van der Waals surface area (Å²) in [5.41, 5.74) is 2.36. The first-order valence-corrected chi connectivity index (χ1v) is 10.3. The van der Waals surface area contributed by atoms with Crippen molar-refractivity contribution < 1.29 is 19.0 Å². The maximum absolute atomic E-state index is 12.8. The molecule has 0 N–H and O–H groups in total. The van der Waals surface area contributed by atoms with Crippen LogP contribution in [0.3, 0.4) is 0 Å². The fraction of sp³-hybridized carbons (Fsp3) is 0.269. The molecule has 5 heteroatoms. The molecular weight excluding hydrogens is 390 g/mol. The van der Waals surface area contributed by atoms with Gasteiger partial charge in [-0.3, -0.25) is 4.79 Å². The van der Waals surface area contributed by atoms with Crippen LogP contribution in [0.15, 0.2) is 55.1 Å². The molecule has 0 spiro atoms. The number of hydrogen-bond donors (Lipinski definition) is 0. The van der Waals surface area contributed by atoms with Gasteiger partial charge in [0, 0.05) is 6.54 Å². The fourth-order valence-electron chi connectivity index (χ4n) is 4.52. The number of hydrogen-bond acceptors (Lipinski definition) is 4. The molecule has 5 nitrogen and oxygen atoms in total. The summed E-state index contributed by atoms with van der Waals surface area (Å²) in [6.07, 6.45) is 5.94. The summed E-state index contributed by atoms with van der Waals surface area (Å²) in [6, 6.07) is 10.1. The number of benzene rings is 3. The van der Waals surface area contributed by atoms with E-state index in [1.807, 2.05) is 42.2 Å². The number of amides is 1. The number of nitrogens with zero attached hydrogens (tertiary/aromatic N) is 1. The molecule has 160 valence electrons. The molecule has 1 atom stereocenters. The number of carbonyl (C=O) groups excluding carboxylic acids is 1. The molecule has 3 aromatic carbocycles. The molecule has 0 bridgehead atoms. The van der Waals surface area contributed by atoms with Crippen molar-refractivity contribution in [2.45, 2.75) is 25.9 Å². The molecule has 31 heavy (non-hydrogen) atoms. The van der Waals surface area contributed by atoms with Gasteiger partial charge >= 0.3 is 0 Å². The number of methoxy groups -OCH3 is 3. The number of allylic oxidation sites excluding steroid dienone is 1. The van der Waals surface area contributed by atoms with Gasteiger partial charge in [0.2, 0.25) is 5.91 Å². The highest BCUT2D eigenvalue weighted by Crippen LogP contribution is 2.43. The van der Waals surface area contributed by atoms with Gasteiger partial charge in [0.05, 0.1) is 27.4 Å². The van der Waals surface area contributed by atoms with Crippen molar-refractivity contribution in [3.63, 3.8) is 0 Å². The summed E-state index contributed by atoms with van der Waals surface area (Å²) < 4.78 is 16.7. The van der Waals surface area contributed by atoms with E-state index >= 15 is 0 Å². The zero-order chi connectivity index (χ0) is 22.1. The molecule has 1 amide bonds. The van der Waals surface area contributed by atoms with Crippen LogP contribution in [0.1, 0.15) is 18.1 Å². The lowest BCUT2D eigenvalue weighted by molar-refractivity contribution is -0.128. The van der Waals surface area contributed by atoms with E-state index < -0.39 is 0 Å². The Balaban J connectivity index is 2.07. The monoisotopic (exact) mass is 417 g/mol. The second-order valence-corrected chi connectivity index (χ2v) is 7.59. The third kappa shape index (κ3) is 3.40. The van der Waals surface area contributed by atoms with Gasteiger partial charge in [-0.1, -0.05) is 18.2 Å². The van der Waals surface area contributed by atoms with E-state index in [-0.39, 0.29) is 11.9 Å². The first kappa shape index (κ1) is 20.8. The van der Waals surface area contributed by atoms with Crippen LogP contribution in [-0.4, -0.2) is 38.2 Å². The van der Waals surface area contributed by atoms with Crippen LogP contribution >= 0.6 is 0 Å². The molecule has 4 rings (SSSR count). The van der Waals surface area contributed by atoms with Gasteiger partial charge in [-0.05, 0) is 76.4 Å². The fourth-order valence-corrected chi connectivity index (χ4v) is 4.52. The second-order valence-electron chi connectivity index (χ2n) is 7.59. The minimum atomic E-state index is -0.0804. The van der Waals surface area contributed by atoms with Gasteiger partial charge < -0.3 is 19.1 Å². The summed E-state index contributed by atoms with van der Waals surface area (Å²) >= 11 is 0. The maximum Gasteiger partial charge on any atom is 0.247 e. The Morgan fingerprint density at radius 3 is 2.26 bits per heavy atom. The largest absolute Gasteiger partial charge is 0.497 e. The first-order chi connectivity index (χ1) is 15.1. The number of ether oxygens (including phenoxy) is 3. The van der Waals surface area contributed by atoms with Crippen LogP contribution in [0.2, 0.25) is 0 Å². The van der Waals surface area contributed by atoms with Crippen LogP contribution in [0.5, 0.6) is 17.2 Å². The van der Waals surface area contributed by atoms with Crippen molar-refractivity contribution >= 4 is 27.5 Å². The highest BCUT2D eigenvalue weighted by molar-refractivity contribution is 6.12. The van der Waals surface area contributed by atoms with Gasteiger partial charge in [0.15, 0.2) is 11.5 Å². The summed E-state index contributed by atoms with van der Waals surface area (Å²) in [4.78, 5) is 14.7. The molecule has 1 aliphatic rings. The molecule has 1 aliphatic heterocycles. The van der Waals surface area contributed by atoms with Gasteiger partial charge in [-0.2, -0.15) is 0 Å². The molecule has 0 aliphatic carbocycles. The average Bonchev–Trinajstić information content (AvgIpc) is 2.82. The Labute approximate surface area is 182 Å². The van der Waals surface area contributed by atoms with Crippen LogP contribution < -0.4 is 14.2 Å². The van der Waals surface area contributed by atoms with Crippen molar-refractivity contribution in [1.82, 2.24) is 4.90 Å². The van der Waals surface area contributed by atoms with Gasteiger partial charge in [-0.15, -0.1) is 6.58 Å². The lowest BCUT2D eigenvalue weighted by Gasteiger charge is -2.36. The zero-order valence-electron chi connectivity index (χ0n) is 18.4. The van der Waals surface area contributed by atoms with Crippen molar-refractivity contribution in [1.29, 1.82) is 0 Å².